The van der Waals surface area contributed by atoms with E-state index in [-0.39, 0.29) is 80.2 Å². The van der Waals surface area contributed by atoms with E-state index in [2.05, 4.69) is 11.2 Å². The van der Waals surface area contributed by atoms with E-state index in [0.717, 1.165) is 0 Å². The van der Waals surface area contributed by atoms with Crippen LogP contribution in [0.2, 0.25) is 0 Å². The molecule has 0 saturated heterocycles. The Bertz CT molecular complexity index is 100. The quantitative estimate of drug-likeness (QED) is 0.396. The molecule has 0 aromatic carbocycles. The smallest absolute Gasteiger partial charge is 1.00 e. The van der Waals surface area contributed by atoms with Gasteiger partial charge in [-0.3, -0.25) is 9.11 Å². The summed E-state index contributed by atoms with van der Waals surface area (Å²) in [6, 6.07) is 0. The fourth-order valence-electron chi connectivity index (χ4n) is 0. The monoisotopic (exact) mass is 244 g/mol. The number of rotatable bonds is 0. The molecule has 11 heteroatoms. The molecule has 11 heavy (non-hydrogen) atoms. The summed E-state index contributed by atoms with van der Waals surface area (Å²) >= 11 is 3.47. The van der Waals surface area contributed by atoms with Crippen LogP contribution in [-0.4, -0.2) is 40.7 Å². The molecule has 0 aliphatic carbocycles. The largest absolute Gasteiger partial charge is 1.00 e. The predicted octanol–water partition coefficient (Wildman–Crippen LogP) is -7.33. The molecule has 0 amide bonds. The average Bonchev–Trinajstić information content (AvgIpc) is 0.722. The first-order chi connectivity index (χ1) is 2.00. The second kappa shape index (κ2) is 22.6. The molecule has 0 bridgehead atoms. The first kappa shape index (κ1) is 53.4. The fourth-order valence-corrected chi connectivity index (χ4v) is 0. The van der Waals surface area contributed by atoms with Crippen molar-refractivity contribution in [2.75, 3.05) is 0 Å². The van der Waals surface area contributed by atoms with Crippen LogP contribution in [0, 0.1) is 0 Å². The van der Waals surface area contributed by atoms with Gasteiger partial charge in [0.2, 0.25) is 0 Å². The summed E-state index contributed by atoms with van der Waals surface area (Å²) in [6.45, 7) is 0. The van der Waals surface area contributed by atoms with Gasteiger partial charge in [0.05, 0.1) is 0 Å². The maximum atomic E-state index is 9.11. The van der Waals surface area contributed by atoms with Crippen molar-refractivity contribution in [3.8, 4) is 0 Å². The van der Waals surface area contributed by atoms with E-state index in [4.69, 9.17) is 13.3 Å². The van der Waals surface area contributed by atoms with Crippen LogP contribution in [0.1, 0.15) is 1.43 Å². The third kappa shape index (κ3) is 372. The van der Waals surface area contributed by atoms with Crippen LogP contribution in [-0.2, 0) is 20.2 Å². The Morgan fingerprint density at radius 1 is 1.00 bits per heavy atom. The Balaban J connectivity index is -0.00000000381. The van der Waals surface area contributed by atoms with Crippen molar-refractivity contribution in [1.82, 2.24) is 0 Å². The van der Waals surface area contributed by atoms with Crippen molar-refractivity contribution in [2.45, 2.75) is 0 Å². The molecule has 0 aliphatic rings. The molecule has 0 saturated carbocycles. The summed E-state index contributed by atoms with van der Waals surface area (Å²) in [7, 11) is -3.83. The van der Waals surface area contributed by atoms with Gasteiger partial charge in [-0.2, -0.15) is 4.21 Å². The molecule has 12 N–H and O–H groups in total. The number of hydrogen-bond acceptors (Lipinski definition) is 2. The summed E-state index contributed by atoms with van der Waals surface area (Å²) < 4.78 is 24.0. The van der Waals surface area contributed by atoms with Crippen molar-refractivity contribution in [3.05, 3.63) is 0 Å². The molecular weight excluding hydrogens is 231 g/mol. The van der Waals surface area contributed by atoms with Gasteiger partial charge in [-0.15, -0.1) is 0 Å². The van der Waals surface area contributed by atoms with E-state index in [9.17, 15) is 0 Å². The first-order valence-electron chi connectivity index (χ1n) is 0.698. The van der Waals surface area contributed by atoms with E-state index in [1.807, 2.05) is 0 Å². The fraction of sp³-hybridized carbons (Fsp3) is 0. The number of hydrogen-bond donors (Lipinski definition) is 2. The van der Waals surface area contributed by atoms with Crippen molar-refractivity contribution >= 4 is 20.2 Å². The minimum absolute atomic E-state index is 0. The van der Waals surface area contributed by atoms with Gasteiger partial charge in [-0.25, -0.2) is 0 Å². The van der Waals surface area contributed by atoms with E-state index in [1.165, 1.54) is 0 Å². The van der Waals surface area contributed by atoms with E-state index < -0.39 is 9.05 Å². The topological polar surface area (TPSA) is 215 Å². The zero-order chi connectivity index (χ0) is 4.50. The average molecular weight is 244 g/mol. The molecule has 0 radical (unpaired) electrons. The maximum Gasteiger partial charge on any atom is 1.00 e. The van der Waals surface area contributed by atoms with Crippen molar-refractivity contribution in [1.29, 1.82) is 0 Å². The Labute approximate surface area is 112 Å². The van der Waals surface area contributed by atoms with Crippen molar-refractivity contribution in [2.24, 2.45) is 0 Å². The van der Waals surface area contributed by atoms with Gasteiger partial charge in [0, 0.05) is 11.2 Å². The Kier molecular flexibility index (Phi) is 110. The van der Waals surface area contributed by atoms with Crippen LogP contribution in [0.25, 0.3) is 0 Å². The summed E-state index contributed by atoms with van der Waals surface area (Å²) in [5.74, 6) is 0. The summed E-state index contributed by atoms with van der Waals surface area (Å²) in [5, 5.41) is 0. The SMILES string of the molecule is O.O.O.O.O.O=S(O)(O)=S.[H-].[K+]. The molecule has 0 fully saturated rings. The van der Waals surface area contributed by atoms with E-state index in [0.29, 0.717) is 0 Å². The van der Waals surface area contributed by atoms with Crippen LogP contribution in [0.3, 0.4) is 0 Å². The maximum absolute atomic E-state index is 9.11. The second-order valence-electron chi connectivity index (χ2n) is 0.448. The molecule has 0 aromatic heterocycles. The van der Waals surface area contributed by atoms with Gasteiger partial charge in [-0.1, -0.05) is 0 Å². The molecule has 0 heterocycles. The third-order valence-corrected chi connectivity index (χ3v) is 0. The van der Waals surface area contributed by atoms with E-state index in [1.54, 1.807) is 0 Å². The van der Waals surface area contributed by atoms with Crippen LogP contribution in [0.15, 0.2) is 0 Å². The molecule has 0 aliphatic heterocycles. The zero-order valence-electron chi connectivity index (χ0n) is 6.62. The van der Waals surface area contributed by atoms with Gasteiger partial charge in [0.25, 0.3) is 9.05 Å². The van der Waals surface area contributed by atoms with Crippen molar-refractivity contribution in [3.63, 3.8) is 0 Å². The van der Waals surface area contributed by atoms with Crippen molar-refractivity contribution < 1.29 is 93.5 Å². The van der Waals surface area contributed by atoms with Gasteiger partial charge < -0.3 is 28.8 Å². The van der Waals surface area contributed by atoms with Crippen LogP contribution >= 0.6 is 0 Å². The molecule has 0 aromatic rings. The minimum atomic E-state index is -3.83. The summed E-state index contributed by atoms with van der Waals surface area (Å²) in [6.07, 6.45) is 0. The molecule has 74 valence electrons. The van der Waals surface area contributed by atoms with Gasteiger partial charge in [-0.05, 0) is 0 Å². The van der Waals surface area contributed by atoms with E-state index >= 15 is 0 Å². The van der Waals surface area contributed by atoms with Crippen LogP contribution in [0.4, 0.5) is 0 Å². The summed E-state index contributed by atoms with van der Waals surface area (Å²) in [4.78, 5) is 0. The summed E-state index contributed by atoms with van der Waals surface area (Å²) in [5.41, 5.74) is 0. The van der Waals surface area contributed by atoms with Crippen LogP contribution < -0.4 is 51.4 Å². The molecule has 0 rings (SSSR count). The Hall–Kier alpha value is 1.73. The van der Waals surface area contributed by atoms with Gasteiger partial charge >= 0.3 is 51.4 Å². The second-order valence-corrected chi connectivity index (χ2v) is 2.65. The van der Waals surface area contributed by atoms with Gasteiger partial charge in [0.15, 0.2) is 0 Å². The third-order valence-electron chi connectivity index (χ3n) is 0. The first-order valence-corrected chi connectivity index (χ1v) is 3.10. The Morgan fingerprint density at radius 3 is 1.00 bits per heavy atom. The zero-order valence-corrected chi connectivity index (χ0v) is 10.4. The molecule has 8 nitrogen and oxygen atoms in total. The molecule has 0 atom stereocenters. The van der Waals surface area contributed by atoms with Gasteiger partial charge in [0.1, 0.15) is 0 Å². The minimum Gasteiger partial charge on any atom is -1.00 e. The standard InChI is InChI=1S/K.H2O3S2.5H2O.H/c;1-5(2,3)4;;;;;;/h;(H2,1,2,3,4);5*1H2;/q+1;;;;;;;-1. The Morgan fingerprint density at radius 2 is 1.00 bits per heavy atom. The predicted molar refractivity (Wildman–Crippen MR) is 39.9 cm³/mol. The van der Waals surface area contributed by atoms with Crippen LogP contribution in [0.5, 0.6) is 0 Å². The molecular formula is H13KO8S2. The molecule has 0 spiro atoms. The normalized spacial score (nSPS) is 5.27. The molecule has 0 unspecified atom stereocenters.